The second-order valence-electron chi connectivity index (χ2n) is 6.56. The second kappa shape index (κ2) is 8.15. The van der Waals surface area contributed by atoms with Crippen molar-refractivity contribution in [1.29, 1.82) is 0 Å². The molecule has 2 atom stereocenters. The van der Waals surface area contributed by atoms with Gasteiger partial charge in [-0.05, 0) is 30.0 Å². The molecule has 0 aliphatic heterocycles. The van der Waals surface area contributed by atoms with E-state index in [2.05, 4.69) is 38.2 Å². The smallest absolute Gasteiger partial charge is 0.239 e. The van der Waals surface area contributed by atoms with E-state index in [4.69, 9.17) is 15.2 Å². The molecule has 3 N–H and O–H groups in total. The van der Waals surface area contributed by atoms with Gasteiger partial charge in [0.15, 0.2) is 0 Å². The molecule has 0 aromatic heterocycles. The molecule has 0 aliphatic rings. The van der Waals surface area contributed by atoms with Gasteiger partial charge in [-0.15, -0.1) is 0 Å². The van der Waals surface area contributed by atoms with Gasteiger partial charge in [0, 0.05) is 7.11 Å². The van der Waals surface area contributed by atoms with Crippen LogP contribution in [0, 0.1) is 0 Å². The lowest BCUT2D eigenvalue weighted by atomic mass is 9.87. The first-order chi connectivity index (χ1) is 10.2. The predicted octanol–water partition coefficient (Wildman–Crippen LogP) is 1.84. The van der Waals surface area contributed by atoms with Crippen LogP contribution in [0.4, 0.5) is 0 Å². The number of amides is 1. The number of carbonyl (C=O) groups is 1. The van der Waals surface area contributed by atoms with E-state index in [0.29, 0.717) is 6.61 Å². The van der Waals surface area contributed by atoms with Crippen LogP contribution in [0.2, 0.25) is 0 Å². The maximum Gasteiger partial charge on any atom is 0.239 e. The zero-order valence-corrected chi connectivity index (χ0v) is 14.2. The Hall–Kier alpha value is -1.59. The van der Waals surface area contributed by atoms with E-state index in [1.165, 1.54) is 12.7 Å². The van der Waals surface area contributed by atoms with Gasteiger partial charge in [0.2, 0.25) is 5.91 Å². The van der Waals surface area contributed by atoms with Crippen molar-refractivity contribution in [1.82, 2.24) is 5.32 Å². The summed E-state index contributed by atoms with van der Waals surface area (Å²) in [7, 11) is 1.51. The molecule has 0 radical (unpaired) electrons. The van der Waals surface area contributed by atoms with Crippen molar-refractivity contribution >= 4 is 5.91 Å². The van der Waals surface area contributed by atoms with E-state index < -0.39 is 6.04 Å². The van der Waals surface area contributed by atoms with E-state index in [9.17, 15) is 4.79 Å². The van der Waals surface area contributed by atoms with E-state index in [1.807, 2.05) is 19.1 Å². The molecule has 1 aromatic carbocycles. The van der Waals surface area contributed by atoms with Gasteiger partial charge in [-0.25, -0.2) is 0 Å². The molecule has 0 aliphatic carbocycles. The normalized spacial score (nSPS) is 14.3. The Kier molecular flexibility index (Phi) is 6.84. The summed E-state index contributed by atoms with van der Waals surface area (Å²) in [6, 6.07) is 7.24. The number of methoxy groups -OCH3 is 1. The third-order valence-corrected chi connectivity index (χ3v) is 3.29. The molecule has 0 spiro atoms. The number of rotatable bonds is 7. The fraction of sp³-hybridized carbons (Fsp3) is 0.588. The highest BCUT2D eigenvalue weighted by molar-refractivity contribution is 5.81. The number of nitrogens with two attached hydrogens (primary N) is 1. The van der Waals surface area contributed by atoms with Crippen LogP contribution in [-0.2, 0) is 14.9 Å². The van der Waals surface area contributed by atoms with Crippen molar-refractivity contribution in [3.8, 4) is 5.75 Å². The molecular formula is C17H28N2O3. The molecule has 22 heavy (non-hydrogen) atoms. The van der Waals surface area contributed by atoms with Crippen LogP contribution < -0.4 is 15.8 Å². The van der Waals surface area contributed by atoms with Crippen LogP contribution in [0.5, 0.6) is 5.75 Å². The standard InChI is InChI=1S/C17H28N2O3/c1-12(19-16(20)15(18)11-21-5)10-22-14-8-6-13(7-9-14)17(2,3)4/h6-9,12,15H,10-11,18H2,1-5H3,(H,19,20). The van der Waals surface area contributed by atoms with Gasteiger partial charge in [-0.1, -0.05) is 32.9 Å². The summed E-state index contributed by atoms with van der Waals surface area (Å²) in [6.45, 7) is 8.98. The number of ether oxygens (including phenoxy) is 2. The van der Waals surface area contributed by atoms with Gasteiger partial charge in [0.25, 0.3) is 0 Å². The van der Waals surface area contributed by atoms with Crippen molar-refractivity contribution in [3.63, 3.8) is 0 Å². The summed E-state index contributed by atoms with van der Waals surface area (Å²) >= 11 is 0. The molecule has 1 rings (SSSR count). The minimum atomic E-state index is -0.654. The second-order valence-corrected chi connectivity index (χ2v) is 6.56. The van der Waals surface area contributed by atoms with Gasteiger partial charge in [-0.2, -0.15) is 0 Å². The topological polar surface area (TPSA) is 73.6 Å². The SMILES string of the molecule is COCC(N)C(=O)NC(C)COc1ccc(C(C)(C)C)cc1. The first-order valence-corrected chi connectivity index (χ1v) is 7.52. The lowest BCUT2D eigenvalue weighted by Gasteiger charge is -2.20. The molecule has 0 saturated heterocycles. The summed E-state index contributed by atoms with van der Waals surface area (Å²) < 4.78 is 10.5. The van der Waals surface area contributed by atoms with Gasteiger partial charge in [-0.3, -0.25) is 4.79 Å². The largest absolute Gasteiger partial charge is 0.491 e. The van der Waals surface area contributed by atoms with Crippen molar-refractivity contribution in [2.24, 2.45) is 5.73 Å². The fourth-order valence-electron chi connectivity index (χ4n) is 1.92. The van der Waals surface area contributed by atoms with Gasteiger partial charge < -0.3 is 20.5 Å². The highest BCUT2D eigenvalue weighted by Gasteiger charge is 2.16. The number of benzene rings is 1. The minimum absolute atomic E-state index is 0.122. The van der Waals surface area contributed by atoms with Gasteiger partial charge in [0.05, 0.1) is 12.6 Å². The van der Waals surface area contributed by atoms with Crippen LogP contribution in [-0.4, -0.2) is 38.3 Å². The van der Waals surface area contributed by atoms with Gasteiger partial charge >= 0.3 is 0 Å². The molecule has 5 heteroatoms. The Morgan fingerprint density at radius 2 is 1.82 bits per heavy atom. The van der Waals surface area contributed by atoms with E-state index in [0.717, 1.165) is 5.75 Å². The quantitative estimate of drug-likeness (QED) is 0.806. The highest BCUT2D eigenvalue weighted by Crippen LogP contribution is 2.24. The van der Waals surface area contributed by atoms with Crippen LogP contribution in [0.15, 0.2) is 24.3 Å². The van der Waals surface area contributed by atoms with Crippen molar-refractivity contribution in [2.45, 2.75) is 45.2 Å². The molecular weight excluding hydrogens is 280 g/mol. The van der Waals surface area contributed by atoms with E-state index in [1.54, 1.807) is 0 Å². The molecule has 1 aromatic rings. The summed E-state index contributed by atoms with van der Waals surface area (Å²) in [6.07, 6.45) is 0. The van der Waals surface area contributed by atoms with Crippen LogP contribution in [0.25, 0.3) is 0 Å². The lowest BCUT2D eigenvalue weighted by Crippen LogP contribution is -2.48. The Balaban J connectivity index is 2.44. The van der Waals surface area contributed by atoms with E-state index >= 15 is 0 Å². The maximum absolute atomic E-state index is 11.7. The molecule has 0 heterocycles. The summed E-state index contributed by atoms with van der Waals surface area (Å²) in [4.78, 5) is 11.7. The zero-order valence-electron chi connectivity index (χ0n) is 14.2. The molecule has 0 bridgehead atoms. The first kappa shape index (κ1) is 18.5. The Bertz CT molecular complexity index is 466. The fourth-order valence-corrected chi connectivity index (χ4v) is 1.92. The van der Waals surface area contributed by atoms with Crippen molar-refractivity contribution < 1.29 is 14.3 Å². The zero-order chi connectivity index (χ0) is 16.8. The number of hydrogen-bond acceptors (Lipinski definition) is 4. The van der Waals surface area contributed by atoms with Crippen LogP contribution in [0.3, 0.4) is 0 Å². The van der Waals surface area contributed by atoms with Gasteiger partial charge in [0.1, 0.15) is 18.4 Å². The number of nitrogens with one attached hydrogen (secondary N) is 1. The molecule has 0 saturated carbocycles. The van der Waals surface area contributed by atoms with Crippen LogP contribution >= 0.6 is 0 Å². The Labute approximate surface area is 133 Å². The summed E-state index contributed by atoms with van der Waals surface area (Å²) in [5.41, 5.74) is 7.04. The Morgan fingerprint density at radius 3 is 2.32 bits per heavy atom. The monoisotopic (exact) mass is 308 g/mol. The number of hydrogen-bond donors (Lipinski definition) is 2. The first-order valence-electron chi connectivity index (χ1n) is 7.52. The lowest BCUT2D eigenvalue weighted by molar-refractivity contribution is -0.124. The Morgan fingerprint density at radius 1 is 1.23 bits per heavy atom. The number of carbonyl (C=O) groups excluding carboxylic acids is 1. The van der Waals surface area contributed by atoms with Crippen LogP contribution in [0.1, 0.15) is 33.3 Å². The molecule has 1 amide bonds. The average Bonchev–Trinajstić information content (AvgIpc) is 2.45. The third-order valence-electron chi connectivity index (χ3n) is 3.29. The predicted molar refractivity (Wildman–Crippen MR) is 88.1 cm³/mol. The maximum atomic E-state index is 11.7. The molecule has 0 fully saturated rings. The van der Waals surface area contributed by atoms with E-state index in [-0.39, 0.29) is 24.0 Å². The molecule has 2 unspecified atom stereocenters. The summed E-state index contributed by atoms with van der Waals surface area (Å²) in [5.74, 6) is 0.552. The highest BCUT2D eigenvalue weighted by atomic mass is 16.5. The minimum Gasteiger partial charge on any atom is -0.491 e. The molecule has 5 nitrogen and oxygen atoms in total. The third kappa shape index (κ3) is 6.03. The average molecular weight is 308 g/mol. The summed E-state index contributed by atoms with van der Waals surface area (Å²) in [5, 5.41) is 2.80. The van der Waals surface area contributed by atoms with Crippen molar-refractivity contribution in [3.05, 3.63) is 29.8 Å². The van der Waals surface area contributed by atoms with Crippen molar-refractivity contribution in [2.75, 3.05) is 20.3 Å². The molecule has 124 valence electrons.